The third-order valence-corrected chi connectivity index (χ3v) is 4.79. The molecule has 2 aromatic carbocycles. The lowest BCUT2D eigenvalue weighted by Gasteiger charge is -2.23. The van der Waals surface area contributed by atoms with Crippen LogP contribution in [0.3, 0.4) is 0 Å². The van der Waals surface area contributed by atoms with Gasteiger partial charge in [0.15, 0.2) is 0 Å². The molecule has 0 atom stereocenters. The average molecular weight is 422 g/mol. The van der Waals surface area contributed by atoms with E-state index in [1.807, 2.05) is 49.3 Å². The maximum atomic E-state index is 12.6. The summed E-state index contributed by atoms with van der Waals surface area (Å²) in [6.45, 7) is 1.64. The maximum absolute atomic E-state index is 12.6. The number of hydrogen-bond acceptors (Lipinski definition) is 5. The Kier molecular flexibility index (Phi) is 7.50. The third kappa shape index (κ3) is 6.48. The van der Waals surface area contributed by atoms with Gasteiger partial charge in [0.05, 0.1) is 6.54 Å². The standard InChI is InChI=1S/C23H27N5O3/c1-27(2)15-14-24-22(30)18-8-10-19(11-9-18)25-23(31)20-12-13-21(29)28(26-20)16-17-6-4-3-5-7-17/h3-11H,12-16H2,1-2H3,(H,24,30)(H,25,31). The van der Waals surface area contributed by atoms with Crippen molar-refractivity contribution >= 4 is 29.1 Å². The van der Waals surface area contributed by atoms with Gasteiger partial charge in [-0.05, 0) is 43.9 Å². The number of nitrogens with zero attached hydrogens (tertiary/aromatic N) is 3. The molecule has 0 bridgehead atoms. The molecule has 3 amide bonds. The van der Waals surface area contributed by atoms with Gasteiger partial charge in [-0.15, -0.1) is 0 Å². The average Bonchev–Trinajstić information content (AvgIpc) is 2.76. The van der Waals surface area contributed by atoms with Crippen LogP contribution in [0.15, 0.2) is 59.7 Å². The maximum Gasteiger partial charge on any atom is 0.271 e. The van der Waals surface area contributed by atoms with Gasteiger partial charge in [-0.25, -0.2) is 5.01 Å². The zero-order valence-corrected chi connectivity index (χ0v) is 17.8. The van der Waals surface area contributed by atoms with Crippen molar-refractivity contribution in [2.45, 2.75) is 19.4 Å². The molecule has 1 aliphatic rings. The Labute approximate surface area is 181 Å². The zero-order valence-electron chi connectivity index (χ0n) is 17.8. The molecule has 0 saturated heterocycles. The van der Waals surface area contributed by atoms with Gasteiger partial charge < -0.3 is 15.5 Å². The van der Waals surface area contributed by atoms with E-state index < -0.39 is 0 Å². The summed E-state index contributed by atoms with van der Waals surface area (Å²) in [6, 6.07) is 16.2. The number of benzene rings is 2. The van der Waals surface area contributed by atoms with E-state index in [0.29, 0.717) is 36.5 Å². The van der Waals surface area contributed by atoms with Crippen molar-refractivity contribution in [2.75, 3.05) is 32.5 Å². The van der Waals surface area contributed by atoms with Crippen molar-refractivity contribution in [1.82, 2.24) is 15.2 Å². The van der Waals surface area contributed by atoms with Gasteiger partial charge in [-0.3, -0.25) is 14.4 Å². The number of hydrogen-bond donors (Lipinski definition) is 2. The predicted octanol–water partition coefficient (Wildman–Crippen LogP) is 2.10. The monoisotopic (exact) mass is 421 g/mol. The summed E-state index contributed by atoms with van der Waals surface area (Å²) in [6.07, 6.45) is 0.535. The van der Waals surface area contributed by atoms with Crippen LogP contribution >= 0.6 is 0 Å². The normalized spacial score (nSPS) is 13.7. The highest BCUT2D eigenvalue weighted by molar-refractivity contribution is 6.43. The molecule has 162 valence electrons. The van der Waals surface area contributed by atoms with E-state index >= 15 is 0 Å². The summed E-state index contributed by atoms with van der Waals surface area (Å²) < 4.78 is 0. The van der Waals surface area contributed by atoms with Crippen LogP contribution in [0.4, 0.5) is 5.69 Å². The molecule has 1 heterocycles. The van der Waals surface area contributed by atoms with E-state index in [1.54, 1.807) is 24.3 Å². The van der Waals surface area contributed by atoms with Crippen LogP contribution in [0.2, 0.25) is 0 Å². The first-order valence-electron chi connectivity index (χ1n) is 10.2. The number of carbonyl (C=O) groups is 3. The SMILES string of the molecule is CN(C)CCNC(=O)c1ccc(NC(=O)C2=NN(Cc3ccccc3)C(=O)CC2)cc1. The lowest BCUT2D eigenvalue weighted by atomic mass is 10.1. The van der Waals surface area contributed by atoms with Gasteiger partial charge >= 0.3 is 0 Å². The molecule has 0 unspecified atom stereocenters. The number of carbonyl (C=O) groups excluding carboxylic acids is 3. The lowest BCUT2D eigenvalue weighted by molar-refractivity contribution is -0.132. The van der Waals surface area contributed by atoms with Crippen LogP contribution in [0.25, 0.3) is 0 Å². The number of amides is 3. The van der Waals surface area contributed by atoms with Crippen molar-refractivity contribution in [1.29, 1.82) is 0 Å². The molecule has 2 N–H and O–H groups in total. The van der Waals surface area contributed by atoms with Crippen molar-refractivity contribution in [2.24, 2.45) is 5.10 Å². The highest BCUT2D eigenvalue weighted by Crippen LogP contribution is 2.15. The fourth-order valence-corrected chi connectivity index (χ4v) is 3.05. The number of anilines is 1. The second-order valence-corrected chi connectivity index (χ2v) is 7.57. The molecule has 1 aliphatic heterocycles. The molecule has 8 heteroatoms. The minimum atomic E-state index is -0.353. The van der Waals surface area contributed by atoms with Gasteiger partial charge in [0.25, 0.3) is 11.8 Å². The van der Waals surface area contributed by atoms with Crippen molar-refractivity contribution in [3.8, 4) is 0 Å². The highest BCUT2D eigenvalue weighted by atomic mass is 16.2. The number of likely N-dealkylation sites (N-methyl/N-ethyl adjacent to an activating group) is 1. The van der Waals surface area contributed by atoms with Crippen LogP contribution in [0.5, 0.6) is 0 Å². The van der Waals surface area contributed by atoms with Crippen molar-refractivity contribution in [3.05, 3.63) is 65.7 Å². The molecule has 8 nitrogen and oxygen atoms in total. The fourth-order valence-electron chi connectivity index (χ4n) is 3.05. The van der Waals surface area contributed by atoms with Crippen LogP contribution < -0.4 is 10.6 Å². The van der Waals surface area contributed by atoms with E-state index in [2.05, 4.69) is 15.7 Å². The Hall–Kier alpha value is -3.52. The summed E-state index contributed by atoms with van der Waals surface area (Å²) in [4.78, 5) is 39.0. The Bertz CT molecular complexity index is 955. The Morgan fingerprint density at radius 2 is 1.71 bits per heavy atom. The molecular weight excluding hydrogens is 394 g/mol. The first kappa shape index (κ1) is 22.2. The van der Waals surface area contributed by atoms with E-state index in [1.165, 1.54) is 5.01 Å². The lowest BCUT2D eigenvalue weighted by Crippen LogP contribution is -2.36. The molecule has 0 fully saturated rings. The Morgan fingerprint density at radius 1 is 1.00 bits per heavy atom. The topological polar surface area (TPSA) is 94.1 Å². The first-order chi connectivity index (χ1) is 14.9. The van der Waals surface area contributed by atoms with Crippen molar-refractivity contribution in [3.63, 3.8) is 0 Å². The van der Waals surface area contributed by atoms with E-state index in [0.717, 1.165) is 12.1 Å². The van der Waals surface area contributed by atoms with Crippen molar-refractivity contribution < 1.29 is 14.4 Å². The summed E-state index contributed by atoms with van der Waals surface area (Å²) in [5.74, 6) is -0.620. The summed E-state index contributed by atoms with van der Waals surface area (Å²) in [5.41, 5.74) is 2.33. The fraction of sp³-hybridized carbons (Fsp3) is 0.304. The molecule has 0 spiro atoms. The Morgan fingerprint density at radius 3 is 2.39 bits per heavy atom. The number of rotatable bonds is 8. The van der Waals surface area contributed by atoms with Crippen LogP contribution in [0, 0.1) is 0 Å². The molecule has 2 aromatic rings. The molecule has 0 saturated carbocycles. The van der Waals surface area contributed by atoms with E-state index in [4.69, 9.17) is 0 Å². The smallest absolute Gasteiger partial charge is 0.271 e. The van der Waals surface area contributed by atoms with E-state index in [9.17, 15) is 14.4 Å². The third-order valence-electron chi connectivity index (χ3n) is 4.79. The first-order valence-corrected chi connectivity index (χ1v) is 10.2. The van der Waals surface area contributed by atoms with E-state index in [-0.39, 0.29) is 24.1 Å². The molecule has 0 aromatic heterocycles. The minimum Gasteiger partial charge on any atom is -0.351 e. The number of hydrazone groups is 1. The second kappa shape index (κ2) is 10.5. The molecule has 3 rings (SSSR count). The van der Waals surface area contributed by atoms with Gasteiger partial charge in [0.2, 0.25) is 5.91 Å². The highest BCUT2D eigenvalue weighted by Gasteiger charge is 2.24. The summed E-state index contributed by atoms with van der Waals surface area (Å²) >= 11 is 0. The Balaban J connectivity index is 1.59. The van der Waals surface area contributed by atoms with Crippen LogP contribution in [-0.2, 0) is 16.1 Å². The van der Waals surface area contributed by atoms with Gasteiger partial charge in [0, 0.05) is 37.2 Å². The predicted molar refractivity (Wildman–Crippen MR) is 120 cm³/mol. The summed E-state index contributed by atoms with van der Waals surface area (Å²) in [5, 5.41) is 11.2. The molecule has 0 radical (unpaired) electrons. The van der Waals surface area contributed by atoms with Crippen LogP contribution in [-0.4, -0.2) is 60.5 Å². The quantitative estimate of drug-likeness (QED) is 0.683. The largest absolute Gasteiger partial charge is 0.351 e. The summed E-state index contributed by atoms with van der Waals surface area (Å²) in [7, 11) is 3.88. The van der Waals surface area contributed by atoms with Gasteiger partial charge in [0.1, 0.15) is 5.71 Å². The molecular formula is C23H27N5O3. The van der Waals surface area contributed by atoms with Crippen LogP contribution in [0.1, 0.15) is 28.8 Å². The van der Waals surface area contributed by atoms with Gasteiger partial charge in [-0.2, -0.15) is 5.10 Å². The zero-order chi connectivity index (χ0) is 22.2. The minimum absolute atomic E-state index is 0.106. The molecule has 31 heavy (non-hydrogen) atoms. The van der Waals surface area contributed by atoms with Gasteiger partial charge in [-0.1, -0.05) is 30.3 Å². The number of nitrogens with one attached hydrogen (secondary N) is 2. The molecule has 0 aliphatic carbocycles. The second-order valence-electron chi connectivity index (χ2n) is 7.57.